The normalized spacial score (nSPS) is 27.2. The molecule has 2 aliphatic rings. The number of nitrogens with zero attached hydrogens (tertiary/aromatic N) is 2. The van der Waals surface area contributed by atoms with Crippen LogP contribution in [0, 0.1) is 5.92 Å². The summed E-state index contributed by atoms with van der Waals surface area (Å²) < 4.78 is 0. The number of piperidine rings is 1. The zero-order chi connectivity index (χ0) is 10.9. The maximum atomic E-state index is 6.12. The minimum absolute atomic E-state index is 0.181. The SMILES string of the molecule is CN1CCC(CN(C)CC2(N)CC2)CC1. The van der Waals surface area contributed by atoms with E-state index in [1.54, 1.807) is 0 Å². The smallest absolute Gasteiger partial charge is 0.0284 e. The summed E-state index contributed by atoms with van der Waals surface area (Å²) in [6.45, 7) is 4.88. The largest absolute Gasteiger partial charge is 0.324 e. The molecule has 0 unspecified atom stereocenters. The zero-order valence-electron chi connectivity index (χ0n) is 10.2. The fourth-order valence-electron chi connectivity index (χ4n) is 2.61. The molecule has 0 aromatic rings. The molecule has 15 heavy (non-hydrogen) atoms. The van der Waals surface area contributed by atoms with Crippen molar-refractivity contribution in [1.82, 2.24) is 9.80 Å². The summed E-state index contributed by atoms with van der Waals surface area (Å²) in [7, 11) is 4.45. The number of likely N-dealkylation sites (tertiary alicyclic amines) is 1. The molecule has 3 heteroatoms. The van der Waals surface area contributed by atoms with E-state index >= 15 is 0 Å². The molecule has 0 aromatic heterocycles. The van der Waals surface area contributed by atoms with E-state index in [1.807, 2.05) is 0 Å². The highest BCUT2D eigenvalue weighted by molar-refractivity contribution is 5.00. The van der Waals surface area contributed by atoms with Gasteiger partial charge in [-0.3, -0.25) is 0 Å². The van der Waals surface area contributed by atoms with Gasteiger partial charge in [0.15, 0.2) is 0 Å². The zero-order valence-corrected chi connectivity index (χ0v) is 10.2. The van der Waals surface area contributed by atoms with E-state index in [-0.39, 0.29) is 5.54 Å². The lowest BCUT2D eigenvalue weighted by atomic mass is 9.96. The summed E-state index contributed by atoms with van der Waals surface area (Å²) in [4.78, 5) is 4.88. The average Bonchev–Trinajstić information content (AvgIpc) is 2.87. The highest BCUT2D eigenvalue weighted by Crippen LogP contribution is 2.33. The Morgan fingerprint density at radius 1 is 1.33 bits per heavy atom. The van der Waals surface area contributed by atoms with Crippen molar-refractivity contribution in [3.8, 4) is 0 Å². The number of hydrogen-bond acceptors (Lipinski definition) is 3. The van der Waals surface area contributed by atoms with Crippen LogP contribution in [0.2, 0.25) is 0 Å². The molecule has 0 spiro atoms. The van der Waals surface area contributed by atoms with Crippen LogP contribution in [-0.4, -0.2) is 55.6 Å². The fraction of sp³-hybridized carbons (Fsp3) is 1.00. The molecule has 0 atom stereocenters. The second-order valence-electron chi connectivity index (χ2n) is 5.81. The molecule has 1 saturated carbocycles. The van der Waals surface area contributed by atoms with Crippen LogP contribution in [0.15, 0.2) is 0 Å². The van der Waals surface area contributed by atoms with Gasteiger partial charge in [-0.05, 0) is 58.8 Å². The van der Waals surface area contributed by atoms with Gasteiger partial charge in [-0.2, -0.15) is 0 Å². The van der Waals surface area contributed by atoms with Gasteiger partial charge < -0.3 is 15.5 Å². The van der Waals surface area contributed by atoms with Crippen molar-refractivity contribution in [2.75, 3.05) is 40.3 Å². The minimum atomic E-state index is 0.181. The number of likely N-dealkylation sites (N-methyl/N-ethyl adjacent to an activating group) is 1. The van der Waals surface area contributed by atoms with Crippen LogP contribution < -0.4 is 5.73 Å². The number of hydrogen-bond donors (Lipinski definition) is 1. The maximum absolute atomic E-state index is 6.12. The summed E-state index contributed by atoms with van der Waals surface area (Å²) in [6.07, 6.45) is 5.17. The first-order chi connectivity index (χ1) is 7.07. The van der Waals surface area contributed by atoms with Crippen LogP contribution in [-0.2, 0) is 0 Å². The first-order valence-electron chi connectivity index (χ1n) is 6.23. The minimum Gasteiger partial charge on any atom is -0.324 e. The van der Waals surface area contributed by atoms with Gasteiger partial charge in [0.1, 0.15) is 0 Å². The molecule has 0 bridgehead atoms. The van der Waals surface area contributed by atoms with Crippen molar-refractivity contribution in [2.45, 2.75) is 31.2 Å². The van der Waals surface area contributed by atoms with Crippen molar-refractivity contribution < 1.29 is 0 Å². The number of nitrogens with two attached hydrogens (primary N) is 1. The molecule has 1 aliphatic heterocycles. The van der Waals surface area contributed by atoms with Crippen molar-refractivity contribution in [2.24, 2.45) is 11.7 Å². The molecule has 1 heterocycles. The Hall–Kier alpha value is -0.120. The molecule has 0 radical (unpaired) electrons. The van der Waals surface area contributed by atoms with Crippen LogP contribution in [0.5, 0.6) is 0 Å². The van der Waals surface area contributed by atoms with Crippen LogP contribution >= 0.6 is 0 Å². The van der Waals surface area contributed by atoms with Gasteiger partial charge in [-0.15, -0.1) is 0 Å². The van der Waals surface area contributed by atoms with E-state index in [0.717, 1.165) is 12.5 Å². The van der Waals surface area contributed by atoms with Gasteiger partial charge in [-0.1, -0.05) is 0 Å². The topological polar surface area (TPSA) is 32.5 Å². The molecule has 88 valence electrons. The lowest BCUT2D eigenvalue weighted by Crippen LogP contribution is -2.41. The van der Waals surface area contributed by atoms with Gasteiger partial charge in [0.05, 0.1) is 0 Å². The predicted molar refractivity (Wildman–Crippen MR) is 63.9 cm³/mol. The maximum Gasteiger partial charge on any atom is 0.0284 e. The van der Waals surface area contributed by atoms with E-state index in [1.165, 1.54) is 45.3 Å². The van der Waals surface area contributed by atoms with Crippen LogP contribution in [0.1, 0.15) is 25.7 Å². The van der Waals surface area contributed by atoms with E-state index in [9.17, 15) is 0 Å². The Balaban J connectivity index is 1.67. The molecule has 2 fully saturated rings. The molecule has 2 rings (SSSR count). The Bertz CT molecular complexity index is 205. The van der Waals surface area contributed by atoms with Gasteiger partial charge in [-0.25, -0.2) is 0 Å². The van der Waals surface area contributed by atoms with E-state index in [0.29, 0.717) is 0 Å². The molecular weight excluding hydrogens is 186 g/mol. The highest BCUT2D eigenvalue weighted by Gasteiger charge is 2.39. The van der Waals surface area contributed by atoms with E-state index in [2.05, 4.69) is 23.9 Å². The summed E-state index contributed by atoms with van der Waals surface area (Å²) in [5, 5.41) is 0. The second-order valence-corrected chi connectivity index (χ2v) is 5.81. The van der Waals surface area contributed by atoms with E-state index < -0.39 is 0 Å². The summed E-state index contributed by atoms with van der Waals surface area (Å²) in [6, 6.07) is 0. The highest BCUT2D eigenvalue weighted by atomic mass is 15.1. The average molecular weight is 211 g/mol. The molecule has 1 saturated heterocycles. The molecule has 1 aliphatic carbocycles. The Kier molecular flexibility index (Phi) is 3.33. The second kappa shape index (κ2) is 4.40. The summed E-state index contributed by atoms with van der Waals surface area (Å²) in [5.41, 5.74) is 6.31. The monoisotopic (exact) mass is 211 g/mol. The van der Waals surface area contributed by atoms with Gasteiger partial charge in [0, 0.05) is 18.6 Å². The third-order valence-electron chi connectivity index (χ3n) is 3.89. The quantitative estimate of drug-likeness (QED) is 0.745. The van der Waals surface area contributed by atoms with Crippen molar-refractivity contribution in [1.29, 1.82) is 0 Å². The van der Waals surface area contributed by atoms with Crippen molar-refractivity contribution in [3.05, 3.63) is 0 Å². The summed E-state index contributed by atoms with van der Waals surface area (Å²) >= 11 is 0. The van der Waals surface area contributed by atoms with Crippen LogP contribution in [0.3, 0.4) is 0 Å². The van der Waals surface area contributed by atoms with Gasteiger partial charge >= 0.3 is 0 Å². The first kappa shape index (κ1) is 11.4. The fourth-order valence-corrected chi connectivity index (χ4v) is 2.61. The molecule has 2 N–H and O–H groups in total. The van der Waals surface area contributed by atoms with E-state index in [4.69, 9.17) is 5.73 Å². The predicted octanol–water partition coefficient (Wildman–Crippen LogP) is 0.751. The Morgan fingerprint density at radius 2 is 1.93 bits per heavy atom. The Labute approximate surface area is 93.6 Å². The first-order valence-corrected chi connectivity index (χ1v) is 6.23. The molecule has 0 aromatic carbocycles. The lowest BCUT2D eigenvalue weighted by Gasteiger charge is -2.32. The molecule has 0 amide bonds. The third-order valence-corrected chi connectivity index (χ3v) is 3.89. The van der Waals surface area contributed by atoms with Crippen molar-refractivity contribution >= 4 is 0 Å². The molecular formula is C12H25N3. The van der Waals surface area contributed by atoms with Gasteiger partial charge in [0.25, 0.3) is 0 Å². The van der Waals surface area contributed by atoms with Gasteiger partial charge in [0.2, 0.25) is 0 Å². The standard InChI is InChI=1S/C12H25N3/c1-14-7-3-11(4-8-14)9-15(2)10-12(13)5-6-12/h11H,3-10,13H2,1-2H3. The number of rotatable bonds is 4. The lowest BCUT2D eigenvalue weighted by molar-refractivity contribution is 0.171. The molecule has 3 nitrogen and oxygen atoms in total. The Morgan fingerprint density at radius 3 is 2.47 bits per heavy atom. The van der Waals surface area contributed by atoms with Crippen molar-refractivity contribution in [3.63, 3.8) is 0 Å². The van der Waals surface area contributed by atoms with Crippen LogP contribution in [0.25, 0.3) is 0 Å². The third kappa shape index (κ3) is 3.44. The van der Waals surface area contributed by atoms with Crippen LogP contribution in [0.4, 0.5) is 0 Å². The summed E-state index contributed by atoms with van der Waals surface area (Å²) in [5.74, 6) is 0.897.